The predicted molar refractivity (Wildman–Crippen MR) is 138 cm³/mol. The first-order valence-corrected chi connectivity index (χ1v) is 12.5. The quantitative estimate of drug-likeness (QED) is 0.376. The Morgan fingerprint density at radius 3 is 2.84 bits per heavy atom. The lowest BCUT2D eigenvalue weighted by Gasteiger charge is -2.37. The standard InChI is InChI=1S/C29H28N4O4/c34-26-8-6-23-17-25(26)29(35)32-10-2-14-36-21-4-1-3-20(16-21)28-24-7-5-22(37-23)15-19(24)9-13-33(28)18-27-30-11-12-31-27/h1,3-8,11-12,15-17,28,34H,2,9-10,13-14,18H2,(H,30,31)(H,32,35). The number of H-pyrrole nitrogens is 1. The Morgan fingerprint density at radius 1 is 1.05 bits per heavy atom. The van der Waals surface area contributed by atoms with E-state index in [1.54, 1.807) is 18.3 Å². The molecule has 0 saturated heterocycles. The second-order valence-electron chi connectivity index (χ2n) is 9.33. The SMILES string of the molecule is O=C1NCCCOc2cccc(c2)C2c3ccc(cc3CCN2Cc2ncc[nH]2)Oc2ccc(O)c1c2. The normalized spacial score (nSPS) is 17.7. The maximum absolute atomic E-state index is 12.7. The molecule has 37 heavy (non-hydrogen) atoms. The molecule has 1 atom stereocenters. The van der Waals surface area contributed by atoms with Crippen LogP contribution >= 0.6 is 0 Å². The average Bonchev–Trinajstić information content (AvgIpc) is 3.42. The zero-order valence-electron chi connectivity index (χ0n) is 20.3. The van der Waals surface area contributed by atoms with E-state index in [-0.39, 0.29) is 23.3 Å². The smallest absolute Gasteiger partial charge is 0.255 e. The second-order valence-corrected chi connectivity index (χ2v) is 9.33. The lowest BCUT2D eigenvalue weighted by Crippen LogP contribution is -2.36. The molecule has 1 aromatic heterocycles. The largest absolute Gasteiger partial charge is 0.507 e. The number of aromatic nitrogens is 2. The molecule has 0 radical (unpaired) electrons. The van der Waals surface area contributed by atoms with Crippen LogP contribution in [-0.4, -0.2) is 45.6 Å². The first-order valence-electron chi connectivity index (χ1n) is 12.5. The number of aromatic amines is 1. The molecule has 3 aliphatic rings. The average molecular weight is 497 g/mol. The molecular weight excluding hydrogens is 468 g/mol. The number of hydrogen-bond donors (Lipinski definition) is 3. The predicted octanol–water partition coefficient (Wildman–Crippen LogP) is 4.57. The number of nitrogens with one attached hydrogen (secondary N) is 2. The summed E-state index contributed by atoms with van der Waals surface area (Å²) in [6.07, 6.45) is 5.13. The second kappa shape index (κ2) is 9.99. The van der Waals surface area contributed by atoms with Gasteiger partial charge in [-0.15, -0.1) is 0 Å². The number of fused-ring (bicyclic) bond motifs is 6. The zero-order valence-corrected chi connectivity index (χ0v) is 20.3. The molecule has 8 heteroatoms. The molecule has 0 fully saturated rings. The summed E-state index contributed by atoms with van der Waals surface area (Å²) in [6.45, 7) is 2.44. The lowest BCUT2D eigenvalue weighted by molar-refractivity contribution is 0.0948. The molecule has 0 spiro atoms. The highest BCUT2D eigenvalue weighted by Crippen LogP contribution is 2.39. The van der Waals surface area contributed by atoms with Crippen molar-refractivity contribution in [2.24, 2.45) is 0 Å². The number of hydrogen-bond acceptors (Lipinski definition) is 6. The van der Waals surface area contributed by atoms with Gasteiger partial charge < -0.3 is 24.9 Å². The number of aromatic hydroxyl groups is 1. The Kier molecular flexibility index (Phi) is 6.24. The van der Waals surface area contributed by atoms with E-state index in [4.69, 9.17) is 9.47 Å². The van der Waals surface area contributed by atoms with Crippen LogP contribution in [0.5, 0.6) is 23.0 Å². The third-order valence-electron chi connectivity index (χ3n) is 6.85. The summed E-state index contributed by atoms with van der Waals surface area (Å²) in [6, 6.07) is 19.1. The molecule has 3 N–H and O–H groups in total. The van der Waals surface area contributed by atoms with E-state index >= 15 is 0 Å². The Hall–Kier alpha value is -4.30. The number of imidazole rings is 1. The molecule has 0 saturated carbocycles. The van der Waals surface area contributed by atoms with E-state index in [1.165, 1.54) is 17.2 Å². The van der Waals surface area contributed by atoms with Crippen molar-refractivity contribution in [2.75, 3.05) is 19.7 Å². The highest BCUT2D eigenvalue weighted by atomic mass is 16.5. The van der Waals surface area contributed by atoms with E-state index in [1.807, 2.05) is 24.4 Å². The molecule has 4 aromatic rings. The third kappa shape index (κ3) is 4.88. The summed E-state index contributed by atoms with van der Waals surface area (Å²) in [4.78, 5) is 22.8. The van der Waals surface area contributed by atoms with Crippen molar-refractivity contribution < 1.29 is 19.4 Å². The monoisotopic (exact) mass is 496 g/mol. The zero-order chi connectivity index (χ0) is 25.2. The van der Waals surface area contributed by atoms with Gasteiger partial charge in [0.15, 0.2) is 0 Å². The van der Waals surface area contributed by atoms with Gasteiger partial charge in [-0.3, -0.25) is 9.69 Å². The Balaban J connectivity index is 1.41. The lowest BCUT2D eigenvalue weighted by atomic mass is 9.88. The molecule has 188 valence electrons. The molecule has 3 aliphatic heterocycles. The number of nitrogens with zero attached hydrogens (tertiary/aromatic N) is 2. The maximum atomic E-state index is 12.7. The van der Waals surface area contributed by atoms with Crippen molar-refractivity contribution in [3.05, 3.63) is 101 Å². The van der Waals surface area contributed by atoms with Crippen LogP contribution in [0, 0.1) is 0 Å². The summed E-state index contributed by atoms with van der Waals surface area (Å²) in [5.74, 6) is 2.47. The van der Waals surface area contributed by atoms with Crippen LogP contribution in [0.2, 0.25) is 0 Å². The van der Waals surface area contributed by atoms with Gasteiger partial charge in [-0.25, -0.2) is 4.98 Å². The van der Waals surface area contributed by atoms with Crippen LogP contribution in [0.15, 0.2) is 73.1 Å². The van der Waals surface area contributed by atoms with Crippen molar-refractivity contribution in [3.8, 4) is 23.0 Å². The van der Waals surface area contributed by atoms with Crippen LogP contribution in [0.1, 0.15) is 45.3 Å². The Morgan fingerprint density at radius 2 is 1.95 bits per heavy atom. The minimum atomic E-state index is -0.351. The van der Waals surface area contributed by atoms with Crippen molar-refractivity contribution in [1.82, 2.24) is 20.2 Å². The highest BCUT2D eigenvalue weighted by Gasteiger charge is 2.30. The van der Waals surface area contributed by atoms with E-state index in [2.05, 4.69) is 44.5 Å². The molecule has 3 aromatic carbocycles. The minimum absolute atomic E-state index is 0.0323. The van der Waals surface area contributed by atoms with Gasteiger partial charge in [-0.1, -0.05) is 18.2 Å². The number of benzene rings is 3. The van der Waals surface area contributed by atoms with Gasteiger partial charge in [0.1, 0.15) is 28.8 Å². The van der Waals surface area contributed by atoms with E-state index in [0.717, 1.165) is 30.1 Å². The van der Waals surface area contributed by atoms with E-state index in [0.29, 0.717) is 37.6 Å². The van der Waals surface area contributed by atoms with Crippen LogP contribution in [0.3, 0.4) is 0 Å². The van der Waals surface area contributed by atoms with Crippen LogP contribution in [0.4, 0.5) is 0 Å². The van der Waals surface area contributed by atoms with Crippen molar-refractivity contribution in [3.63, 3.8) is 0 Å². The van der Waals surface area contributed by atoms with Crippen molar-refractivity contribution in [1.29, 1.82) is 0 Å². The molecule has 8 bridgehead atoms. The number of carbonyl (C=O) groups is 1. The van der Waals surface area contributed by atoms with Crippen LogP contribution < -0.4 is 14.8 Å². The van der Waals surface area contributed by atoms with Crippen molar-refractivity contribution in [2.45, 2.75) is 25.4 Å². The molecule has 7 rings (SSSR count). The minimum Gasteiger partial charge on any atom is -0.507 e. The fourth-order valence-corrected chi connectivity index (χ4v) is 5.09. The molecule has 8 nitrogen and oxygen atoms in total. The van der Waals surface area contributed by atoms with Gasteiger partial charge >= 0.3 is 0 Å². The first kappa shape index (κ1) is 23.1. The fourth-order valence-electron chi connectivity index (χ4n) is 5.09. The summed E-state index contributed by atoms with van der Waals surface area (Å²) >= 11 is 0. The third-order valence-corrected chi connectivity index (χ3v) is 6.85. The summed E-state index contributed by atoms with van der Waals surface area (Å²) < 4.78 is 12.2. The Labute approximate surface area is 214 Å². The van der Waals surface area contributed by atoms with Gasteiger partial charge in [-0.2, -0.15) is 0 Å². The number of amides is 1. The maximum Gasteiger partial charge on any atom is 0.255 e. The van der Waals surface area contributed by atoms with Crippen LogP contribution in [-0.2, 0) is 13.0 Å². The number of ether oxygens (including phenoxy) is 2. The molecule has 0 aliphatic carbocycles. The molecule has 4 heterocycles. The summed E-state index contributed by atoms with van der Waals surface area (Å²) in [5, 5.41) is 13.1. The van der Waals surface area contributed by atoms with E-state index < -0.39 is 0 Å². The fraction of sp³-hybridized carbons (Fsp3) is 0.241. The summed E-state index contributed by atoms with van der Waals surface area (Å²) in [7, 11) is 0. The first-order chi connectivity index (χ1) is 18.1. The number of phenols is 1. The molecule has 1 amide bonds. The van der Waals surface area contributed by atoms with Gasteiger partial charge in [-0.05, 0) is 72.0 Å². The molecule has 1 unspecified atom stereocenters. The van der Waals surface area contributed by atoms with Gasteiger partial charge in [0.2, 0.25) is 0 Å². The summed E-state index contributed by atoms with van der Waals surface area (Å²) in [5.41, 5.74) is 3.76. The van der Waals surface area contributed by atoms with E-state index in [9.17, 15) is 9.90 Å². The highest BCUT2D eigenvalue weighted by molar-refractivity contribution is 5.97. The topological polar surface area (TPSA) is 99.7 Å². The number of rotatable bonds is 2. The number of carbonyl (C=O) groups excluding carboxylic acids is 1. The van der Waals surface area contributed by atoms with Gasteiger partial charge in [0, 0.05) is 25.5 Å². The number of phenolic OH excluding ortho intramolecular Hbond substituents is 1. The van der Waals surface area contributed by atoms with Gasteiger partial charge in [0.25, 0.3) is 5.91 Å². The molecular formula is C29H28N4O4. The Bertz CT molecular complexity index is 1420. The van der Waals surface area contributed by atoms with Crippen molar-refractivity contribution >= 4 is 5.91 Å². The van der Waals surface area contributed by atoms with Gasteiger partial charge in [0.05, 0.1) is 24.8 Å². The van der Waals surface area contributed by atoms with Crippen LogP contribution in [0.25, 0.3) is 0 Å².